The van der Waals surface area contributed by atoms with Crippen LogP contribution in [0.4, 0.5) is 11.5 Å². The molecule has 2 N–H and O–H groups in total. The largest absolute Gasteiger partial charge is 0.478 e. The van der Waals surface area contributed by atoms with Gasteiger partial charge in [-0.1, -0.05) is 17.4 Å². The Morgan fingerprint density at radius 1 is 1.31 bits per heavy atom. The number of aromatic nitrogens is 1. The highest BCUT2D eigenvalue weighted by Crippen LogP contribution is 2.32. The van der Waals surface area contributed by atoms with Gasteiger partial charge in [0.1, 0.15) is 11.9 Å². The molecule has 1 aliphatic heterocycles. The summed E-state index contributed by atoms with van der Waals surface area (Å²) in [5.41, 5.74) is 2.98. The highest BCUT2D eigenvalue weighted by molar-refractivity contribution is 5.89. The molecule has 1 atom stereocenters. The number of hydrogen-bond donors (Lipinski definition) is 2. The minimum absolute atomic E-state index is 0.104. The summed E-state index contributed by atoms with van der Waals surface area (Å²) in [4.78, 5) is 15.7. The number of carboxylic acids is 1. The molecule has 1 fully saturated rings. The van der Waals surface area contributed by atoms with E-state index in [-0.39, 0.29) is 11.6 Å². The molecular formula is C19H21N5O2. The normalized spacial score (nSPS) is 19.0. The lowest BCUT2D eigenvalue weighted by Crippen LogP contribution is -2.18. The van der Waals surface area contributed by atoms with E-state index in [1.165, 1.54) is 12.8 Å². The smallest absolute Gasteiger partial charge is 0.335 e. The third-order valence-electron chi connectivity index (χ3n) is 4.82. The van der Waals surface area contributed by atoms with Crippen molar-refractivity contribution >= 4 is 17.5 Å². The van der Waals surface area contributed by atoms with E-state index in [9.17, 15) is 9.90 Å². The SMILES string of the molecule is Cc1ccc(C(=O)O)cc1N1CC(c2ccc(NCC3CC3)nc2)N=N1. The first kappa shape index (κ1) is 16.5. The van der Waals surface area contributed by atoms with Gasteiger partial charge < -0.3 is 10.4 Å². The third-order valence-corrected chi connectivity index (χ3v) is 4.82. The van der Waals surface area contributed by atoms with Gasteiger partial charge in [0, 0.05) is 12.7 Å². The van der Waals surface area contributed by atoms with Crippen LogP contribution in [-0.2, 0) is 0 Å². The fourth-order valence-electron chi connectivity index (χ4n) is 2.98. The van der Waals surface area contributed by atoms with Crippen molar-refractivity contribution in [2.24, 2.45) is 16.3 Å². The summed E-state index contributed by atoms with van der Waals surface area (Å²) in [6.07, 6.45) is 4.46. The molecular weight excluding hydrogens is 330 g/mol. The molecule has 2 aromatic rings. The van der Waals surface area contributed by atoms with Crippen LogP contribution in [0.25, 0.3) is 0 Å². The maximum absolute atomic E-state index is 11.2. The zero-order valence-electron chi connectivity index (χ0n) is 14.6. The lowest BCUT2D eigenvalue weighted by molar-refractivity contribution is 0.0697. The summed E-state index contributed by atoms with van der Waals surface area (Å²) in [5.74, 6) is 0.744. The number of nitrogens with one attached hydrogen (secondary N) is 1. The number of pyridine rings is 1. The average molecular weight is 351 g/mol. The Labute approximate surface area is 151 Å². The second-order valence-corrected chi connectivity index (χ2v) is 6.91. The van der Waals surface area contributed by atoms with Gasteiger partial charge in [0.25, 0.3) is 0 Å². The van der Waals surface area contributed by atoms with Gasteiger partial charge in [0.05, 0.1) is 17.8 Å². The van der Waals surface area contributed by atoms with Crippen LogP contribution in [0.3, 0.4) is 0 Å². The van der Waals surface area contributed by atoms with Crippen LogP contribution in [0.2, 0.25) is 0 Å². The Morgan fingerprint density at radius 2 is 2.15 bits per heavy atom. The Morgan fingerprint density at radius 3 is 2.85 bits per heavy atom. The van der Waals surface area contributed by atoms with Crippen LogP contribution in [-0.4, -0.2) is 29.1 Å². The molecule has 1 aromatic heterocycles. The van der Waals surface area contributed by atoms with E-state index in [0.717, 1.165) is 35.1 Å². The van der Waals surface area contributed by atoms with Crippen molar-refractivity contribution in [3.8, 4) is 0 Å². The highest BCUT2D eigenvalue weighted by Gasteiger charge is 2.24. The van der Waals surface area contributed by atoms with Crippen LogP contribution in [0.1, 0.15) is 40.4 Å². The maximum atomic E-state index is 11.2. The number of benzene rings is 1. The number of carbonyl (C=O) groups is 1. The predicted molar refractivity (Wildman–Crippen MR) is 98.5 cm³/mol. The molecule has 2 heterocycles. The summed E-state index contributed by atoms with van der Waals surface area (Å²) < 4.78 is 0. The van der Waals surface area contributed by atoms with Gasteiger partial charge in [-0.15, -0.1) is 0 Å². The van der Waals surface area contributed by atoms with Crippen molar-refractivity contribution in [1.29, 1.82) is 0 Å². The van der Waals surface area contributed by atoms with Crippen LogP contribution in [0.15, 0.2) is 46.9 Å². The lowest BCUT2D eigenvalue weighted by Gasteiger charge is -2.17. The lowest BCUT2D eigenvalue weighted by atomic mass is 10.1. The number of aryl methyl sites for hydroxylation is 1. The van der Waals surface area contributed by atoms with Crippen LogP contribution in [0, 0.1) is 12.8 Å². The first-order chi connectivity index (χ1) is 12.6. The quantitative estimate of drug-likeness (QED) is 0.825. The molecule has 0 radical (unpaired) electrons. The molecule has 0 spiro atoms. The maximum Gasteiger partial charge on any atom is 0.335 e. The second kappa shape index (κ2) is 6.74. The van der Waals surface area contributed by atoms with Crippen LogP contribution < -0.4 is 10.3 Å². The molecule has 7 nitrogen and oxygen atoms in total. The first-order valence-corrected chi connectivity index (χ1v) is 8.82. The molecule has 0 amide bonds. The molecule has 1 saturated carbocycles. The van der Waals surface area contributed by atoms with Crippen molar-refractivity contribution in [2.45, 2.75) is 25.8 Å². The van der Waals surface area contributed by atoms with Gasteiger partial charge in [-0.05, 0) is 55.0 Å². The minimum atomic E-state index is -0.947. The number of nitrogens with zero attached hydrogens (tertiary/aromatic N) is 4. The number of carboxylic acid groups (broad SMARTS) is 1. The summed E-state index contributed by atoms with van der Waals surface area (Å²) >= 11 is 0. The van der Waals surface area contributed by atoms with Crippen molar-refractivity contribution in [3.05, 3.63) is 53.2 Å². The van der Waals surface area contributed by atoms with Crippen molar-refractivity contribution in [1.82, 2.24) is 4.98 Å². The average Bonchev–Trinajstić information content (AvgIpc) is 3.35. The standard InChI is InChI=1S/C19H21N5O2/c1-12-2-5-14(19(25)26)8-17(12)24-11-16(22-23-24)15-6-7-18(21-10-15)20-9-13-3-4-13/h2,5-8,10,13,16H,3-4,9,11H2,1H3,(H,20,21)(H,25,26). The Kier molecular flexibility index (Phi) is 4.28. The number of anilines is 2. The van der Waals surface area contributed by atoms with E-state index >= 15 is 0 Å². The van der Waals surface area contributed by atoms with E-state index in [4.69, 9.17) is 0 Å². The van der Waals surface area contributed by atoms with Gasteiger partial charge in [0.15, 0.2) is 0 Å². The van der Waals surface area contributed by atoms with Gasteiger partial charge >= 0.3 is 5.97 Å². The zero-order valence-corrected chi connectivity index (χ0v) is 14.6. The summed E-state index contributed by atoms with van der Waals surface area (Å²) in [6, 6.07) is 8.93. The third kappa shape index (κ3) is 3.51. The molecule has 0 saturated heterocycles. The van der Waals surface area contributed by atoms with E-state index in [2.05, 4.69) is 20.6 Å². The molecule has 1 unspecified atom stereocenters. The van der Waals surface area contributed by atoms with Crippen LogP contribution >= 0.6 is 0 Å². The van der Waals surface area contributed by atoms with Gasteiger partial charge in [0.2, 0.25) is 0 Å². The predicted octanol–water partition coefficient (Wildman–Crippen LogP) is 3.84. The summed E-state index contributed by atoms with van der Waals surface area (Å²) in [6.45, 7) is 3.49. The Hall–Kier alpha value is -2.96. The fourth-order valence-corrected chi connectivity index (χ4v) is 2.98. The molecule has 134 valence electrons. The minimum Gasteiger partial charge on any atom is -0.478 e. The number of aromatic carboxylic acids is 1. The van der Waals surface area contributed by atoms with Crippen molar-refractivity contribution in [2.75, 3.05) is 23.4 Å². The molecule has 4 rings (SSSR count). The molecule has 2 aliphatic rings. The van der Waals surface area contributed by atoms with E-state index in [1.54, 1.807) is 23.2 Å². The number of rotatable bonds is 6. The fraction of sp³-hybridized carbons (Fsp3) is 0.368. The monoisotopic (exact) mass is 351 g/mol. The topological polar surface area (TPSA) is 90.2 Å². The van der Waals surface area contributed by atoms with Gasteiger partial charge in [-0.2, -0.15) is 5.11 Å². The van der Waals surface area contributed by atoms with Crippen molar-refractivity contribution in [3.63, 3.8) is 0 Å². The molecule has 26 heavy (non-hydrogen) atoms. The first-order valence-electron chi connectivity index (χ1n) is 8.82. The van der Waals surface area contributed by atoms with Crippen molar-refractivity contribution < 1.29 is 9.90 Å². The van der Waals surface area contributed by atoms with Crippen LogP contribution in [0.5, 0.6) is 0 Å². The van der Waals surface area contributed by atoms with Gasteiger partial charge in [-0.25, -0.2) is 14.8 Å². The highest BCUT2D eigenvalue weighted by atomic mass is 16.4. The summed E-state index contributed by atoms with van der Waals surface area (Å²) in [7, 11) is 0. The summed E-state index contributed by atoms with van der Waals surface area (Å²) in [5, 5.41) is 22.9. The molecule has 7 heteroatoms. The van der Waals surface area contributed by atoms with Gasteiger partial charge in [-0.3, -0.25) is 0 Å². The van der Waals surface area contributed by atoms with E-state index in [1.807, 2.05) is 25.3 Å². The molecule has 0 bridgehead atoms. The zero-order chi connectivity index (χ0) is 18.1. The molecule has 1 aliphatic carbocycles. The Bertz CT molecular complexity index is 846. The van der Waals surface area contributed by atoms with E-state index in [0.29, 0.717) is 6.54 Å². The second-order valence-electron chi connectivity index (χ2n) is 6.91. The Balaban J connectivity index is 1.44. The molecule has 1 aromatic carbocycles. The number of hydrogen-bond acceptors (Lipinski definition) is 6. The van der Waals surface area contributed by atoms with E-state index < -0.39 is 5.97 Å².